The minimum absolute atomic E-state index is 0.337. The van der Waals surface area contributed by atoms with E-state index < -0.39 is 36.9 Å². The number of aliphatic hydroxyl groups is 4. The lowest BCUT2D eigenvalue weighted by atomic mass is 10.00. The number of amides is 1. The molecule has 0 bridgehead atoms. The predicted molar refractivity (Wildman–Crippen MR) is 205 cm³/mol. The third kappa shape index (κ3) is 30.1. The molecule has 4 unspecified atom stereocenters. The highest BCUT2D eigenvalue weighted by atomic mass is 16.3. The Morgan fingerprint density at radius 3 is 1.48 bits per heavy atom. The first kappa shape index (κ1) is 46.0. The lowest BCUT2D eigenvalue weighted by molar-refractivity contribution is -0.132. The Morgan fingerprint density at radius 1 is 0.521 bits per heavy atom. The summed E-state index contributed by atoms with van der Waals surface area (Å²) in [7, 11) is 0. The number of hydrogen-bond donors (Lipinski definition) is 5. The number of aliphatic hydroxyl groups excluding tert-OH is 4. The topological polar surface area (TPSA) is 110 Å². The third-order valence-corrected chi connectivity index (χ3v) is 8.68. The minimum atomic E-state index is -1.30. The highest BCUT2D eigenvalue weighted by Gasteiger charge is 2.28. The van der Waals surface area contributed by atoms with Crippen molar-refractivity contribution in [1.82, 2.24) is 5.32 Å². The summed E-state index contributed by atoms with van der Waals surface area (Å²) in [6.07, 6.45) is 43.8. The molecule has 0 aromatic rings. The second kappa shape index (κ2) is 36.3. The fourth-order valence-electron chi connectivity index (χ4n) is 5.48. The monoisotopic (exact) mass is 674 g/mol. The van der Waals surface area contributed by atoms with Crippen LogP contribution >= 0.6 is 0 Å². The maximum absolute atomic E-state index is 12.4. The van der Waals surface area contributed by atoms with E-state index in [0.717, 1.165) is 77.0 Å². The van der Waals surface area contributed by atoms with E-state index in [2.05, 4.69) is 79.9 Å². The van der Waals surface area contributed by atoms with Gasteiger partial charge in [-0.1, -0.05) is 139 Å². The van der Waals surface area contributed by atoms with Crippen LogP contribution in [0.2, 0.25) is 0 Å². The molecule has 0 aromatic carbocycles. The maximum atomic E-state index is 12.4. The van der Waals surface area contributed by atoms with Gasteiger partial charge in [0.25, 0.3) is 0 Å². The molecule has 0 heterocycles. The van der Waals surface area contributed by atoms with Gasteiger partial charge in [-0.3, -0.25) is 4.79 Å². The summed E-state index contributed by atoms with van der Waals surface area (Å²) < 4.78 is 0. The molecule has 0 saturated carbocycles. The van der Waals surface area contributed by atoms with Crippen LogP contribution in [0.3, 0.4) is 0 Å². The fraction of sp³-hybridized carbons (Fsp3) is 0.738. The van der Waals surface area contributed by atoms with Crippen LogP contribution in [0, 0.1) is 0 Å². The zero-order valence-electron chi connectivity index (χ0n) is 31.0. The molecule has 4 atom stereocenters. The molecule has 0 aliphatic carbocycles. The summed E-state index contributed by atoms with van der Waals surface area (Å²) >= 11 is 0. The summed E-state index contributed by atoms with van der Waals surface area (Å²) in [5.74, 6) is -0.616. The zero-order chi connectivity index (χ0) is 35.3. The molecule has 6 nitrogen and oxygen atoms in total. The van der Waals surface area contributed by atoms with Crippen molar-refractivity contribution in [3.8, 4) is 0 Å². The second-order valence-electron chi connectivity index (χ2n) is 13.3. The van der Waals surface area contributed by atoms with Gasteiger partial charge in [-0.2, -0.15) is 0 Å². The van der Waals surface area contributed by atoms with E-state index >= 15 is 0 Å². The van der Waals surface area contributed by atoms with E-state index in [1.54, 1.807) is 0 Å². The average Bonchev–Trinajstić information content (AvgIpc) is 3.09. The summed E-state index contributed by atoms with van der Waals surface area (Å²) in [5, 5.41) is 43.5. The van der Waals surface area contributed by atoms with Crippen molar-refractivity contribution in [2.75, 3.05) is 6.61 Å². The molecule has 5 N–H and O–H groups in total. The van der Waals surface area contributed by atoms with Gasteiger partial charge in [0.05, 0.1) is 18.8 Å². The number of unbranched alkanes of at least 4 members (excludes halogenated alkanes) is 16. The standard InChI is InChI=1S/C42H75NO5/c1-3-5-7-9-11-13-15-17-19-20-21-22-24-25-27-29-31-33-35-39(45)41(47)38(37-44)43-42(48)40(46)36-34-32-30-28-26-23-18-16-14-12-10-8-6-4-2/h12,14-18,21-22,27,29,38-41,44-47H,3-11,13,19-20,23-26,28,30-37H2,1-2H3,(H,43,48)/b14-12-,17-15+,18-16-,22-21+,29-27+. The quantitative estimate of drug-likeness (QED) is 0.0265. The van der Waals surface area contributed by atoms with Gasteiger partial charge in [-0.15, -0.1) is 0 Å². The third-order valence-electron chi connectivity index (χ3n) is 8.68. The number of carbonyl (C=O) groups excluding carboxylic acids is 1. The Labute approximate surface area is 295 Å². The molecule has 0 aliphatic heterocycles. The maximum Gasteiger partial charge on any atom is 0.249 e. The van der Waals surface area contributed by atoms with Crippen molar-refractivity contribution in [3.63, 3.8) is 0 Å². The Bertz CT molecular complexity index is 849. The van der Waals surface area contributed by atoms with Gasteiger partial charge in [-0.25, -0.2) is 0 Å². The predicted octanol–water partition coefficient (Wildman–Crippen LogP) is 9.73. The Balaban J connectivity index is 3.94. The van der Waals surface area contributed by atoms with Crippen molar-refractivity contribution in [2.45, 2.75) is 192 Å². The summed E-state index contributed by atoms with van der Waals surface area (Å²) in [4.78, 5) is 12.4. The van der Waals surface area contributed by atoms with Crippen LogP contribution in [0.25, 0.3) is 0 Å². The molecule has 48 heavy (non-hydrogen) atoms. The summed E-state index contributed by atoms with van der Waals surface area (Å²) in [5.41, 5.74) is 0. The Hall–Kier alpha value is -1.99. The van der Waals surface area contributed by atoms with Crippen molar-refractivity contribution in [1.29, 1.82) is 0 Å². The van der Waals surface area contributed by atoms with E-state index in [1.807, 2.05) is 0 Å². The molecule has 0 aliphatic rings. The van der Waals surface area contributed by atoms with Crippen molar-refractivity contribution in [2.24, 2.45) is 0 Å². The molecule has 0 fully saturated rings. The molecule has 0 spiro atoms. The van der Waals surface area contributed by atoms with E-state index in [4.69, 9.17) is 0 Å². The van der Waals surface area contributed by atoms with Crippen LogP contribution in [-0.2, 0) is 4.79 Å². The van der Waals surface area contributed by atoms with Crippen LogP contribution in [0.5, 0.6) is 0 Å². The Kier molecular flexibility index (Phi) is 34.8. The van der Waals surface area contributed by atoms with E-state index in [-0.39, 0.29) is 0 Å². The van der Waals surface area contributed by atoms with Crippen molar-refractivity contribution >= 4 is 5.91 Å². The highest BCUT2D eigenvalue weighted by molar-refractivity contribution is 5.80. The molecule has 6 heteroatoms. The van der Waals surface area contributed by atoms with Crippen molar-refractivity contribution in [3.05, 3.63) is 60.8 Å². The lowest BCUT2D eigenvalue weighted by Gasteiger charge is -2.27. The average molecular weight is 674 g/mol. The van der Waals surface area contributed by atoms with Gasteiger partial charge in [-0.05, 0) is 89.9 Å². The van der Waals surface area contributed by atoms with E-state index in [9.17, 15) is 25.2 Å². The molecule has 0 radical (unpaired) electrons. The van der Waals surface area contributed by atoms with Crippen molar-refractivity contribution < 1.29 is 25.2 Å². The highest BCUT2D eigenvalue weighted by Crippen LogP contribution is 2.13. The number of hydrogen-bond acceptors (Lipinski definition) is 5. The van der Waals surface area contributed by atoms with E-state index in [0.29, 0.717) is 19.3 Å². The first-order valence-electron chi connectivity index (χ1n) is 19.7. The van der Waals surface area contributed by atoms with Gasteiger partial charge in [0, 0.05) is 0 Å². The van der Waals surface area contributed by atoms with Crippen LogP contribution < -0.4 is 5.32 Å². The second-order valence-corrected chi connectivity index (χ2v) is 13.3. The SMILES string of the molecule is CCCCC/C=C\C=C/CCCCCCCC(O)C(=O)NC(CO)C(O)C(O)CCC/C=C/CC/C=C/CC/C=C/CCCCCCC. The molecular formula is C42H75NO5. The van der Waals surface area contributed by atoms with Gasteiger partial charge in [0.15, 0.2) is 0 Å². The molecule has 0 saturated heterocycles. The number of rotatable bonds is 34. The first-order chi connectivity index (χ1) is 23.5. The van der Waals surface area contributed by atoms with Crippen LogP contribution in [0.15, 0.2) is 60.8 Å². The molecule has 1 amide bonds. The molecule has 0 rings (SSSR count). The van der Waals surface area contributed by atoms with Gasteiger partial charge in [0.1, 0.15) is 12.2 Å². The number of allylic oxidation sites excluding steroid dienone is 10. The van der Waals surface area contributed by atoms with E-state index in [1.165, 1.54) is 57.8 Å². The normalized spacial score (nSPS) is 15.0. The summed E-state index contributed by atoms with van der Waals surface area (Å²) in [6, 6.07) is -1.02. The Morgan fingerprint density at radius 2 is 0.938 bits per heavy atom. The lowest BCUT2D eigenvalue weighted by Crippen LogP contribution is -2.53. The zero-order valence-corrected chi connectivity index (χ0v) is 31.0. The minimum Gasteiger partial charge on any atom is -0.394 e. The van der Waals surface area contributed by atoms with Gasteiger partial charge >= 0.3 is 0 Å². The molecular weight excluding hydrogens is 598 g/mol. The number of carbonyl (C=O) groups is 1. The van der Waals surface area contributed by atoms with Crippen LogP contribution in [-0.4, -0.2) is 57.3 Å². The number of nitrogens with one attached hydrogen (secondary N) is 1. The smallest absolute Gasteiger partial charge is 0.249 e. The van der Waals surface area contributed by atoms with Gasteiger partial charge in [0.2, 0.25) is 5.91 Å². The largest absolute Gasteiger partial charge is 0.394 e. The van der Waals surface area contributed by atoms with Crippen LogP contribution in [0.4, 0.5) is 0 Å². The van der Waals surface area contributed by atoms with Gasteiger partial charge < -0.3 is 25.7 Å². The van der Waals surface area contributed by atoms with Crippen LogP contribution in [0.1, 0.15) is 168 Å². The first-order valence-corrected chi connectivity index (χ1v) is 19.7. The summed E-state index contributed by atoms with van der Waals surface area (Å²) in [6.45, 7) is 3.96. The molecule has 0 aromatic heterocycles. The molecule has 278 valence electrons. The fourth-order valence-corrected chi connectivity index (χ4v) is 5.48.